The monoisotopic (exact) mass is 327 g/mol. The number of anilines is 1. The zero-order valence-corrected chi connectivity index (χ0v) is 12.5. The van der Waals surface area contributed by atoms with Crippen LogP contribution in [0, 0.1) is 6.92 Å². The Morgan fingerprint density at radius 1 is 1.14 bits per heavy atom. The van der Waals surface area contributed by atoms with Gasteiger partial charge in [-0.25, -0.2) is 0 Å². The van der Waals surface area contributed by atoms with Crippen LogP contribution in [-0.4, -0.2) is 14.3 Å². The van der Waals surface area contributed by atoms with Crippen LogP contribution in [0.15, 0.2) is 47.4 Å². The second kappa shape index (κ2) is 5.83. The molecular weight excluding hydrogens is 317 g/mol. The van der Waals surface area contributed by atoms with Gasteiger partial charge in [0.15, 0.2) is 0 Å². The first-order chi connectivity index (χ1) is 9.80. The lowest BCUT2D eigenvalue weighted by atomic mass is 10.1. The Bertz CT molecular complexity index is 806. The van der Waals surface area contributed by atoms with Crippen molar-refractivity contribution in [3.05, 3.63) is 58.6 Å². The Hall–Kier alpha value is -1.92. The van der Waals surface area contributed by atoms with Gasteiger partial charge in [0.05, 0.1) is 5.69 Å². The maximum Gasteiger partial charge on any atom is 0.334 e. The van der Waals surface area contributed by atoms with Crippen LogP contribution < -0.4 is 5.32 Å². The van der Waals surface area contributed by atoms with E-state index in [0.717, 1.165) is 6.07 Å². The molecule has 0 aliphatic carbocycles. The minimum absolute atomic E-state index is 0.121. The second-order valence-electron chi connectivity index (χ2n) is 4.30. The maximum atomic E-state index is 13.2. The highest BCUT2D eigenvalue weighted by Gasteiger charge is 2.19. The highest BCUT2D eigenvalue weighted by Crippen LogP contribution is 2.25. The van der Waals surface area contributed by atoms with E-state index < -0.39 is 21.0 Å². The summed E-state index contributed by atoms with van der Waals surface area (Å²) in [5.74, 6) is -0.564. The van der Waals surface area contributed by atoms with Crippen LogP contribution in [0.25, 0.3) is 0 Å². The highest BCUT2D eigenvalue weighted by atomic mass is 35.5. The zero-order chi connectivity index (χ0) is 15.6. The summed E-state index contributed by atoms with van der Waals surface area (Å²) >= 11 is 5.93. The topological polar surface area (TPSA) is 63.2 Å². The summed E-state index contributed by atoms with van der Waals surface area (Å²) in [6, 6.07) is 10.0. The standard InChI is InChI=1S/C14H11ClFNO3S/c1-9-10(5-4-6-11(9)15)14(18)17-12-7-2-3-8-13(12)21(16,19)20/h2-8H,1H3,(H,17,18). The van der Waals surface area contributed by atoms with Gasteiger partial charge in [-0.2, -0.15) is 8.42 Å². The van der Waals surface area contributed by atoms with E-state index in [1.54, 1.807) is 25.1 Å². The van der Waals surface area contributed by atoms with E-state index in [2.05, 4.69) is 5.32 Å². The van der Waals surface area contributed by atoms with Gasteiger partial charge in [-0.15, -0.1) is 3.89 Å². The molecule has 0 bridgehead atoms. The quantitative estimate of drug-likeness (QED) is 0.877. The van der Waals surface area contributed by atoms with Gasteiger partial charge in [0.1, 0.15) is 4.90 Å². The van der Waals surface area contributed by atoms with Gasteiger partial charge >= 0.3 is 10.2 Å². The maximum absolute atomic E-state index is 13.2. The average Bonchev–Trinajstić information content (AvgIpc) is 2.41. The molecule has 2 aromatic rings. The average molecular weight is 328 g/mol. The van der Waals surface area contributed by atoms with Crippen LogP contribution in [0.5, 0.6) is 0 Å². The summed E-state index contributed by atoms with van der Waals surface area (Å²) in [4.78, 5) is 11.6. The van der Waals surface area contributed by atoms with Crippen molar-refractivity contribution in [1.82, 2.24) is 0 Å². The van der Waals surface area contributed by atoms with Gasteiger partial charge in [0.2, 0.25) is 0 Å². The van der Waals surface area contributed by atoms with Gasteiger partial charge in [-0.3, -0.25) is 4.79 Å². The van der Waals surface area contributed by atoms with Gasteiger partial charge in [0, 0.05) is 10.6 Å². The minimum atomic E-state index is -4.92. The molecule has 0 unspecified atom stereocenters. The molecule has 0 radical (unpaired) electrons. The first-order valence-corrected chi connectivity index (χ1v) is 7.67. The van der Waals surface area contributed by atoms with Crippen molar-refractivity contribution in [3.8, 4) is 0 Å². The first-order valence-electron chi connectivity index (χ1n) is 5.91. The molecule has 0 aliphatic rings. The predicted molar refractivity (Wildman–Crippen MR) is 78.9 cm³/mol. The molecule has 0 aromatic heterocycles. The van der Waals surface area contributed by atoms with Crippen molar-refractivity contribution in [3.63, 3.8) is 0 Å². The highest BCUT2D eigenvalue weighted by molar-refractivity contribution is 7.86. The van der Waals surface area contributed by atoms with Crippen molar-refractivity contribution in [2.24, 2.45) is 0 Å². The van der Waals surface area contributed by atoms with Gasteiger partial charge < -0.3 is 5.32 Å². The Kier molecular flexibility index (Phi) is 4.29. The van der Waals surface area contributed by atoms with Crippen molar-refractivity contribution in [2.75, 3.05) is 5.32 Å². The van der Waals surface area contributed by atoms with E-state index in [1.807, 2.05) is 0 Å². The number of amides is 1. The largest absolute Gasteiger partial charge is 0.334 e. The number of nitrogens with one attached hydrogen (secondary N) is 1. The fourth-order valence-electron chi connectivity index (χ4n) is 1.83. The molecule has 2 aromatic carbocycles. The number of rotatable bonds is 3. The van der Waals surface area contributed by atoms with Crippen LogP contribution >= 0.6 is 11.6 Å². The van der Waals surface area contributed by atoms with Crippen LogP contribution in [-0.2, 0) is 10.2 Å². The van der Waals surface area contributed by atoms with E-state index in [0.29, 0.717) is 10.6 Å². The molecule has 0 fully saturated rings. The number of carbonyl (C=O) groups excluding carboxylic acids is 1. The minimum Gasteiger partial charge on any atom is -0.321 e. The molecule has 0 atom stereocenters. The molecule has 110 valence electrons. The fourth-order valence-corrected chi connectivity index (χ4v) is 2.62. The molecule has 0 saturated carbocycles. The van der Waals surface area contributed by atoms with Crippen LogP contribution in [0.1, 0.15) is 15.9 Å². The third kappa shape index (κ3) is 3.40. The lowest BCUT2D eigenvalue weighted by Crippen LogP contribution is -2.15. The van der Waals surface area contributed by atoms with E-state index in [4.69, 9.17) is 11.6 Å². The summed E-state index contributed by atoms with van der Waals surface area (Å²) in [5, 5.41) is 2.80. The second-order valence-corrected chi connectivity index (χ2v) is 6.02. The summed E-state index contributed by atoms with van der Waals surface area (Å²) in [6.45, 7) is 1.66. The van der Waals surface area contributed by atoms with E-state index in [1.165, 1.54) is 18.2 Å². The van der Waals surface area contributed by atoms with Gasteiger partial charge in [-0.1, -0.05) is 29.8 Å². The van der Waals surface area contributed by atoms with Gasteiger partial charge in [-0.05, 0) is 36.8 Å². The zero-order valence-electron chi connectivity index (χ0n) is 10.9. The normalized spacial score (nSPS) is 11.2. The molecule has 1 amide bonds. The van der Waals surface area contributed by atoms with Crippen LogP contribution in [0.2, 0.25) is 5.02 Å². The van der Waals surface area contributed by atoms with E-state index >= 15 is 0 Å². The summed E-state index contributed by atoms with van der Waals surface area (Å²) in [5.41, 5.74) is 0.718. The molecule has 2 rings (SSSR count). The molecule has 0 spiro atoms. The smallest absolute Gasteiger partial charge is 0.321 e. The third-order valence-corrected chi connectivity index (χ3v) is 4.20. The van der Waals surface area contributed by atoms with E-state index in [9.17, 15) is 17.1 Å². The predicted octanol–water partition coefficient (Wildman–Crippen LogP) is 3.56. The Balaban J connectivity index is 2.40. The Morgan fingerprint density at radius 2 is 1.81 bits per heavy atom. The number of para-hydroxylation sites is 1. The fraction of sp³-hybridized carbons (Fsp3) is 0.0714. The van der Waals surface area contributed by atoms with Crippen molar-refractivity contribution >= 4 is 33.4 Å². The molecule has 0 heterocycles. The third-order valence-electron chi connectivity index (χ3n) is 2.91. The Labute approximate surface area is 126 Å². The summed E-state index contributed by atoms with van der Waals surface area (Å²) < 4.78 is 35.3. The van der Waals surface area contributed by atoms with Crippen LogP contribution in [0.4, 0.5) is 9.57 Å². The van der Waals surface area contributed by atoms with Crippen molar-refractivity contribution in [2.45, 2.75) is 11.8 Å². The number of halogens is 2. The molecule has 0 saturated heterocycles. The van der Waals surface area contributed by atoms with Crippen molar-refractivity contribution < 1.29 is 17.1 Å². The molecule has 21 heavy (non-hydrogen) atoms. The number of hydrogen-bond donors (Lipinski definition) is 1. The summed E-state index contributed by atoms with van der Waals surface area (Å²) in [6.07, 6.45) is 0. The first kappa shape index (κ1) is 15.5. The lowest BCUT2D eigenvalue weighted by molar-refractivity contribution is 0.102. The molecular formula is C14H11ClFNO3S. The number of hydrogen-bond acceptors (Lipinski definition) is 3. The van der Waals surface area contributed by atoms with Crippen LogP contribution in [0.3, 0.4) is 0 Å². The molecule has 7 heteroatoms. The SMILES string of the molecule is Cc1c(Cl)cccc1C(=O)Nc1ccccc1S(=O)(=O)F. The molecule has 0 aliphatic heterocycles. The van der Waals surface area contributed by atoms with Crippen molar-refractivity contribution in [1.29, 1.82) is 0 Å². The summed E-state index contributed by atoms with van der Waals surface area (Å²) in [7, 11) is -4.92. The number of carbonyl (C=O) groups is 1. The molecule has 4 nitrogen and oxygen atoms in total. The Morgan fingerprint density at radius 3 is 2.48 bits per heavy atom. The van der Waals surface area contributed by atoms with E-state index in [-0.39, 0.29) is 11.3 Å². The molecule has 1 N–H and O–H groups in total. The van der Waals surface area contributed by atoms with Gasteiger partial charge in [0.25, 0.3) is 5.91 Å². The number of benzene rings is 2. The lowest BCUT2D eigenvalue weighted by Gasteiger charge is -2.10.